The minimum atomic E-state index is -0.0950. The van der Waals surface area contributed by atoms with Gasteiger partial charge in [-0.1, -0.05) is 68.4 Å². The van der Waals surface area contributed by atoms with Crippen LogP contribution in [0.4, 0.5) is 0 Å². The molecule has 0 saturated carbocycles. The van der Waals surface area contributed by atoms with Crippen LogP contribution in [0.5, 0.6) is 0 Å². The summed E-state index contributed by atoms with van der Waals surface area (Å²) in [5, 5.41) is 2.27. The van der Waals surface area contributed by atoms with Crippen LogP contribution in [-0.2, 0) is 5.41 Å². The molecule has 0 saturated heterocycles. The molecule has 29 heavy (non-hydrogen) atoms. The van der Waals surface area contributed by atoms with Crippen molar-refractivity contribution in [2.45, 2.75) is 26.2 Å². The van der Waals surface area contributed by atoms with Crippen LogP contribution in [0.15, 0.2) is 89.5 Å². The Morgan fingerprint density at radius 2 is 1.45 bits per heavy atom. The standard InChI is InChI=1S/C27H23NO/c1-18-15-21(27(2,3)20-9-5-4-6-10-20)17-28-26(18)19-13-14-25-23(16-19)22-11-7-8-12-24(22)29-25/h4-17H,1-3H3. The van der Waals surface area contributed by atoms with E-state index in [4.69, 9.17) is 9.40 Å². The molecule has 0 aliphatic rings. The third-order valence-electron chi connectivity index (χ3n) is 5.95. The fourth-order valence-electron chi connectivity index (χ4n) is 4.11. The Bertz CT molecular complexity index is 1330. The van der Waals surface area contributed by atoms with Crippen LogP contribution in [0, 0.1) is 6.92 Å². The fraction of sp³-hybridized carbons (Fsp3) is 0.148. The van der Waals surface area contributed by atoms with Gasteiger partial charge in [-0.2, -0.15) is 0 Å². The Balaban J connectivity index is 1.59. The molecule has 0 aliphatic heterocycles. The Hall–Kier alpha value is -3.39. The molecule has 0 radical (unpaired) electrons. The Morgan fingerprint density at radius 1 is 0.724 bits per heavy atom. The van der Waals surface area contributed by atoms with Crippen molar-refractivity contribution in [3.63, 3.8) is 0 Å². The summed E-state index contributed by atoms with van der Waals surface area (Å²) in [6, 6.07) is 27.4. The first-order chi connectivity index (χ1) is 14.0. The molecule has 2 aromatic heterocycles. The van der Waals surface area contributed by atoms with Crippen molar-refractivity contribution in [2.24, 2.45) is 0 Å². The zero-order valence-corrected chi connectivity index (χ0v) is 16.9. The number of para-hydroxylation sites is 1. The molecule has 5 rings (SSSR count). The van der Waals surface area contributed by atoms with E-state index in [0.717, 1.165) is 33.2 Å². The van der Waals surface area contributed by atoms with Gasteiger partial charge in [0.15, 0.2) is 0 Å². The predicted octanol–water partition coefficient (Wildman–Crippen LogP) is 7.28. The molecule has 2 nitrogen and oxygen atoms in total. The summed E-state index contributed by atoms with van der Waals surface area (Å²) in [7, 11) is 0. The van der Waals surface area contributed by atoms with Crippen LogP contribution in [-0.4, -0.2) is 4.98 Å². The summed E-state index contributed by atoms with van der Waals surface area (Å²) >= 11 is 0. The molecule has 5 aromatic rings. The van der Waals surface area contributed by atoms with E-state index in [1.54, 1.807) is 0 Å². The molecule has 0 atom stereocenters. The van der Waals surface area contributed by atoms with Crippen LogP contribution in [0.25, 0.3) is 33.2 Å². The maximum atomic E-state index is 5.97. The summed E-state index contributed by atoms with van der Waals surface area (Å²) in [5.41, 5.74) is 7.57. The van der Waals surface area contributed by atoms with E-state index >= 15 is 0 Å². The summed E-state index contributed by atoms with van der Waals surface area (Å²) < 4.78 is 5.97. The van der Waals surface area contributed by atoms with E-state index in [1.807, 2.05) is 30.5 Å². The maximum Gasteiger partial charge on any atom is 0.135 e. The average molecular weight is 377 g/mol. The molecule has 0 fully saturated rings. The monoisotopic (exact) mass is 377 g/mol. The molecule has 3 aromatic carbocycles. The summed E-state index contributed by atoms with van der Waals surface area (Å²) in [4.78, 5) is 4.88. The highest BCUT2D eigenvalue weighted by Crippen LogP contribution is 2.35. The third kappa shape index (κ3) is 2.92. The van der Waals surface area contributed by atoms with Gasteiger partial charge in [0.1, 0.15) is 11.2 Å². The van der Waals surface area contributed by atoms with Gasteiger partial charge in [0, 0.05) is 27.9 Å². The third-order valence-corrected chi connectivity index (χ3v) is 5.95. The normalized spacial score (nSPS) is 12.0. The van der Waals surface area contributed by atoms with Gasteiger partial charge in [0.05, 0.1) is 5.69 Å². The molecular formula is C27H23NO. The smallest absolute Gasteiger partial charge is 0.135 e. The van der Waals surface area contributed by atoms with Crippen molar-refractivity contribution >= 4 is 21.9 Å². The van der Waals surface area contributed by atoms with Crippen molar-refractivity contribution in [2.75, 3.05) is 0 Å². The largest absolute Gasteiger partial charge is 0.456 e. The predicted molar refractivity (Wildman–Crippen MR) is 120 cm³/mol. The second-order valence-corrected chi connectivity index (χ2v) is 8.19. The number of aryl methyl sites for hydroxylation is 1. The van der Waals surface area contributed by atoms with E-state index in [9.17, 15) is 0 Å². The van der Waals surface area contributed by atoms with Gasteiger partial charge in [-0.25, -0.2) is 0 Å². The van der Waals surface area contributed by atoms with Crippen LogP contribution in [0.2, 0.25) is 0 Å². The number of hydrogen-bond donors (Lipinski definition) is 0. The van der Waals surface area contributed by atoms with Gasteiger partial charge in [0.25, 0.3) is 0 Å². The Morgan fingerprint density at radius 3 is 2.24 bits per heavy atom. The molecule has 2 heteroatoms. The van der Waals surface area contributed by atoms with Gasteiger partial charge < -0.3 is 4.42 Å². The van der Waals surface area contributed by atoms with Gasteiger partial charge in [-0.05, 0) is 47.9 Å². The molecular weight excluding hydrogens is 354 g/mol. The number of hydrogen-bond acceptors (Lipinski definition) is 2. The van der Waals surface area contributed by atoms with Gasteiger partial charge >= 0.3 is 0 Å². The number of pyridine rings is 1. The second kappa shape index (κ2) is 6.59. The highest BCUT2D eigenvalue weighted by Gasteiger charge is 2.24. The van der Waals surface area contributed by atoms with E-state index < -0.39 is 0 Å². The van der Waals surface area contributed by atoms with E-state index in [1.165, 1.54) is 16.7 Å². The zero-order valence-electron chi connectivity index (χ0n) is 16.9. The number of rotatable bonds is 3. The SMILES string of the molecule is Cc1cc(C(C)(C)c2ccccc2)cnc1-c1ccc2oc3ccccc3c2c1. The van der Waals surface area contributed by atoms with E-state index in [2.05, 4.69) is 75.4 Å². The highest BCUT2D eigenvalue weighted by molar-refractivity contribution is 6.06. The first-order valence-corrected chi connectivity index (χ1v) is 9.98. The molecule has 0 spiro atoms. The fourth-order valence-corrected chi connectivity index (χ4v) is 4.11. The minimum Gasteiger partial charge on any atom is -0.456 e. The van der Waals surface area contributed by atoms with Gasteiger partial charge in [-0.15, -0.1) is 0 Å². The average Bonchev–Trinajstić information content (AvgIpc) is 3.12. The molecule has 0 bridgehead atoms. The molecule has 0 amide bonds. The first kappa shape index (κ1) is 17.7. The Labute approximate surface area is 170 Å². The second-order valence-electron chi connectivity index (χ2n) is 8.19. The summed E-state index contributed by atoms with van der Waals surface area (Å²) in [6.45, 7) is 6.65. The highest BCUT2D eigenvalue weighted by atomic mass is 16.3. The molecule has 0 unspecified atom stereocenters. The summed E-state index contributed by atoms with van der Waals surface area (Å²) in [5.74, 6) is 0. The van der Waals surface area contributed by atoms with Crippen molar-refractivity contribution in [3.8, 4) is 11.3 Å². The molecule has 0 N–H and O–H groups in total. The van der Waals surface area contributed by atoms with Crippen LogP contribution >= 0.6 is 0 Å². The van der Waals surface area contributed by atoms with Gasteiger partial charge in [0.2, 0.25) is 0 Å². The zero-order chi connectivity index (χ0) is 20.0. The molecule has 142 valence electrons. The van der Waals surface area contributed by atoms with Crippen molar-refractivity contribution in [1.82, 2.24) is 4.98 Å². The van der Waals surface area contributed by atoms with Crippen LogP contribution < -0.4 is 0 Å². The number of nitrogens with zero attached hydrogens (tertiary/aromatic N) is 1. The quantitative estimate of drug-likeness (QED) is 0.330. The lowest BCUT2D eigenvalue weighted by Gasteiger charge is -2.26. The lowest BCUT2D eigenvalue weighted by atomic mass is 9.78. The van der Waals surface area contributed by atoms with E-state index in [0.29, 0.717) is 0 Å². The van der Waals surface area contributed by atoms with Crippen molar-refractivity contribution < 1.29 is 4.42 Å². The Kier molecular flexibility index (Phi) is 4.02. The number of aromatic nitrogens is 1. The number of furan rings is 1. The lowest BCUT2D eigenvalue weighted by Crippen LogP contribution is -2.19. The topological polar surface area (TPSA) is 26.0 Å². The minimum absolute atomic E-state index is 0.0950. The molecule has 2 heterocycles. The number of fused-ring (bicyclic) bond motifs is 3. The van der Waals surface area contributed by atoms with Crippen molar-refractivity contribution in [1.29, 1.82) is 0 Å². The van der Waals surface area contributed by atoms with Crippen LogP contribution in [0.1, 0.15) is 30.5 Å². The van der Waals surface area contributed by atoms with E-state index in [-0.39, 0.29) is 5.41 Å². The lowest BCUT2D eigenvalue weighted by molar-refractivity contribution is 0.637. The number of benzene rings is 3. The van der Waals surface area contributed by atoms with Crippen molar-refractivity contribution in [3.05, 3.63) is 102 Å². The van der Waals surface area contributed by atoms with Crippen LogP contribution in [0.3, 0.4) is 0 Å². The maximum absolute atomic E-state index is 5.97. The summed E-state index contributed by atoms with van der Waals surface area (Å²) in [6.07, 6.45) is 2.02. The molecule has 0 aliphatic carbocycles. The van der Waals surface area contributed by atoms with Gasteiger partial charge in [-0.3, -0.25) is 4.98 Å². The first-order valence-electron chi connectivity index (χ1n) is 9.98.